The van der Waals surface area contributed by atoms with E-state index in [0.717, 1.165) is 0 Å². The molecular formula is C14H10BrClFNO2. The quantitative estimate of drug-likeness (QED) is 0.887. The highest BCUT2D eigenvalue weighted by Gasteiger charge is 2.07. The summed E-state index contributed by atoms with van der Waals surface area (Å²) in [5.74, 6) is -0.295. The molecule has 20 heavy (non-hydrogen) atoms. The first-order valence-corrected chi connectivity index (χ1v) is 6.85. The second kappa shape index (κ2) is 6.72. The third-order valence-corrected chi connectivity index (χ3v) is 3.25. The Morgan fingerprint density at radius 2 is 1.95 bits per heavy atom. The van der Waals surface area contributed by atoms with E-state index < -0.39 is 0 Å². The molecule has 2 rings (SSSR count). The van der Waals surface area contributed by atoms with Crippen LogP contribution in [0.4, 0.5) is 10.1 Å². The van der Waals surface area contributed by atoms with Gasteiger partial charge in [0.05, 0.1) is 4.47 Å². The molecule has 0 aromatic heterocycles. The Morgan fingerprint density at radius 3 is 2.60 bits per heavy atom. The van der Waals surface area contributed by atoms with Gasteiger partial charge in [-0.3, -0.25) is 4.79 Å². The Morgan fingerprint density at radius 1 is 1.25 bits per heavy atom. The van der Waals surface area contributed by atoms with Gasteiger partial charge in [-0.15, -0.1) is 0 Å². The van der Waals surface area contributed by atoms with E-state index in [-0.39, 0.29) is 18.3 Å². The second-order valence-electron chi connectivity index (χ2n) is 3.92. The third kappa shape index (κ3) is 4.21. The number of benzene rings is 2. The van der Waals surface area contributed by atoms with Gasteiger partial charge >= 0.3 is 0 Å². The van der Waals surface area contributed by atoms with Crippen LogP contribution in [-0.2, 0) is 4.79 Å². The molecule has 0 fully saturated rings. The van der Waals surface area contributed by atoms with Crippen molar-refractivity contribution in [3.8, 4) is 5.75 Å². The number of ether oxygens (including phenoxy) is 1. The summed E-state index contributed by atoms with van der Waals surface area (Å²) in [6.07, 6.45) is 0. The molecule has 0 heterocycles. The smallest absolute Gasteiger partial charge is 0.262 e. The van der Waals surface area contributed by atoms with Crippen LogP contribution < -0.4 is 10.1 Å². The highest BCUT2D eigenvalue weighted by Crippen LogP contribution is 2.25. The molecule has 0 aliphatic rings. The number of halogens is 3. The maximum absolute atomic E-state index is 12.9. The summed E-state index contributed by atoms with van der Waals surface area (Å²) >= 11 is 8.91. The van der Waals surface area contributed by atoms with Gasteiger partial charge in [0.1, 0.15) is 11.6 Å². The molecule has 0 aliphatic heterocycles. The number of carbonyl (C=O) groups is 1. The minimum absolute atomic E-state index is 0.174. The third-order valence-electron chi connectivity index (χ3n) is 2.38. The standard InChI is InChI=1S/C14H10BrClFNO2/c15-12-7-10(17)3-6-13(12)20-8-14(19)18-11-4-1-9(16)2-5-11/h1-7H,8H2,(H,18,19). The molecular weight excluding hydrogens is 349 g/mol. The Hall–Kier alpha value is -1.59. The average molecular weight is 359 g/mol. The van der Waals surface area contributed by atoms with E-state index in [9.17, 15) is 9.18 Å². The van der Waals surface area contributed by atoms with Gasteiger partial charge in [-0.1, -0.05) is 11.6 Å². The van der Waals surface area contributed by atoms with Crippen molar-refractivity contribution in [2.45, 2.75) is 0 Å². The zero-order valence-corrected chi connectivity index (χ0v) is 12.5. The summed E-state index contributed by atoms with van der Waals surface area (Å²) in [7, 11) is 0. The lowest BCUT2D eigenvalue weighted by Crippen LogP contribution is -2.20. The Balaban J connectivity index is 1.90. The van der Waals surface area contributed by atoms with Gasteiger partial charge in [0, 0.05) is 10.7 Å². The Bertz CT molecular complexity index is 619. The minimum Gasteiger partial charge on any atom is -0.483 e. The number of hydrogen-bond donors (Lipinski definition) is 1. The molecule has 2 aromatic rings. The van der Waals surface area contributed by atoms with Crippen LogP contribution >= 0.6 is 27.5 Å². The lowest BCUT2D eigenvalue weighted by molar-refractivity contribution is -0.118. The van der Waals surface area contributed by atoms with E-state index in [1.165, 1.54) is 18.2 Å². The van der Waals surface area contributed by atoms with Gasteiger partial charge in [-0.25, -0.2) is 4.39 Å². The van der Waals surface area contributed by atoms with Crippen LogP contribution in [0, 0.1) is 5.82 Å². The fourth-order valence-electron chi connectivity index (χ4n) is 1.47. The number of nitrogens with one attached hydrogen (secondary N) is 1. The predicted molar refractivity (Wildman–Crippen MR) is 79.7 cm³/mol. The van der Waals surface area contributed by atoms with Crippen molar-refractivity contribution in [3.63, 3.8) is 0 Å². The van der Waals surface area contributed by atoms with E-state index in [0.29, 0.717) is 20.9 Å². The lowest BCUT2D eigenvalue weighted by Gasteiger charge is -2.09. The molecule has 0 saturated carbocycles. The van der Waals surface area contributed by atoms with Gasteiger partial charge in [-0.2, -0.15) is 0 Å². The molecule has 6 heteroatoms. The fraction of sp³-hybridized carbons (Fsp3) is 0.0714. The van der Waals surface area contributed by atoms with Crippen LogP contribution in [0.15, 0.2) is 46.9 Å². The van der Waals surface area contributed by atoms with Crippen LogP contribution in [0.3, 0.4) is 0 Å². The summed E-state index contributed by atoms with van der Waals surface area (Å²) in [6.45, 7) is -0.174. The summed E-state index contributed by atoms with van der Waals surface area (Å²) in [5, 5.41) is 3.25. The molecule has 104 valence electrons. The second-order valence-corrected chi connectivity index (χ2v) is 5.21. The molecule has 0 radical (unpaired) electrons. The highest BCUT2D eigenvalue weighted by atomic mass is 79.9. The van der Waals surface area contributed by atoms with Gasteiger partial charge < -0.3 is 10.1 Å². The van der Waals surface area contributed by atoms with E-state index >= 15 is 0 Å². The van der Waals surface area contributed by atoms with E-state index in [2.05, 4.69) is 21.2 Å². The maximum atomic E-state index is 12.9. The van der Waals surface area contributed by atoms with Crippen LogP contribution in [0.1, 0.15) is 0 Å². The molecule has 1 N–H and O–H groups in total. The number of anilines is 1. The van der Waals surface area contributed by atoms with E-state index in [1.807, 2.05) is 0 Å². The van der Waals surface area contributed by atoms with Crippen molar-refractivity contribution in [2.24, 2.45) is 0 Å². The molecule has 0 saturated heterocycles. The molecule has 0 bridgehead atoms. The SMILES string of the molecule is O=C(COc1ccc(F)cc1Br)Nc1ccc(Cl)cc1. The molecule has 0 aliphatic carbocycles. The van der Waals surface area contributed by atoms with Crippen LogP contribution in [0.5, 0.6) is 5.75 Å². The van der Waals surface area contributed by atoms with Crippen LogP contribution in [0.25, 0.3) is 0 Å². The van der Waals surface area contributed by atoms with Crippen LogP contribution in [0.2, 0.25) is 5.02 Å². The maximum Gasteiger partial charge on any atom is 0.262 e. The van der Waals surface area contributed by atoms with Crippen molar-refractivity contribution in [1.82, 2.24) is 0 Å². The van der Waals surface area contributed by atoms with Gasteiger partial charge in [0.25, 0.3) is 5.91 Å². The van der Waals surface area contributed by atoms with Crippen molar-refractivity contribution < 1.29 is 13.9 Å². The Labute approximate surface area is 128 Å². The molecule has 0 spiro atoms. The number of hydrogen-bond acceptors (Lipinski definition) is 2. The first-order valence-electron chi connectivity index (χ1n) is 5.68. The van der Waals surface area contributed by atoms with Crippen molar-refractivity contribution in [1.29, 1.82) is 0 Å². The molecule has 0 atom stereocenters. The summed E-state index contributed by atoms with van der Waals surface area (Å²) in [5.41, 5.74) is 0.626. The first-order chi connectivity index (χ1) is 9.54. The average Bonchev–Trinajstić information content (AvgIpc) is 2.40. The van der Waals surface area contributed by atoms with Crippen molar-refractivity contribution in [2.75, 3.05) is 11.9 Å². The number of amides is 1. The van der Waals surface area contributed by atoms with Gasteiger partial charge in [0.2, 0.25) is 0 Å². The molecule has 0 unspecified atom stereocenters. The molecule has 1 amide bonds. The fourth-order valence-corrected chi connectivity index (χ4v) is 2.06. The zero-order valence-electron chi connectivity index (χ0n) is 10.2. The van der Waals surface area contributed by atoms with Gasteiger partial charge in [0.15, 0.2) is 6.61 Å². The summed E-state index contributed by atoms with van der Waals surface area (Å²) < 4.78 is 18.6. The normalized spacial score (nSPS) is 10.2. The first kappa shape index (κ1) is 14.8. The summed E-state index contributed by atoms with van der Waals surface area (Å²) in [6, 6.07) is 10.7. The largest absolute Gasteiger partial charge is 0.483 e. The van der Waals surface area contributed by atoms with Crippen molar-refractivity contribution in [3.05, 3.63) is 57.8 Å². The topological polar surface area (TPSA) is 38.3 Å². The number of carbonyl (C=O) groups excluding carboxylic acids is 1. The molecule has 3 nitrogen and oxygen atoms in total. The van der Waals surface area contributed by atoms with Crippen molar-refractivity contribution >= 4 is 39.1 Å². The highest BCUT2D eigenvalue weighted by molar-refractivity contribution is 9.10. The Kier molecular flexibility index (Phi) is 4.98. The zero-order chi connectivity index (χ0) is 14.5. The minimum atomic E-state index is -0.380. The lowest BCUT2D eigenvalue weighted by atomic mass is 10.3. The predicted octanol–water partition coefficient (Wildman–Crippen LogP) is 4.26. The van der Waals surface area contributed by atoms with Crippen LogP contribution in [-0.4, -0.2) is 12.5 Å². The van der Waals surface area contributed by atoms with E-state index in [1.54, 1.807) is 24.3 Å². The van der Waals surface area contributed by atoms with E-state index in [4.69, 9.17) is 16.3 Å². The van der Waals surface area contributed by atoms with Gasteiger partial charge in [-0.05, 0) is 58.4 Å². The number of rotatable bonds is 4. The molecule has 2 aromatic carbocycles. The monoisotopic (exact) mass is 357 g/mol. The summed E-state index contributed by atoms with van der Waals surface area (Å²) in [4.78, 5) is 11.7.